The molecule has 2 heterocycles. The highest BCUT2D eigenvalue weighted by molar-refractivity contribution is 7.09. The van der Waals surface area contributed by atoms with Gasteiger partial charge in [-0.15, -0.1) is 11.3 Å². The average molecular weight is 452 g/mol. The standard InChI is InChI=1S/C25H29N3O3S/c1-18-9-11-19(12-10-18)15-26-24(29)23-14-21(31-27-23)16-28(17-22-8-5-13-32-22)25(30)20-6-3-2-4-7-20/h5,8-14,20H,2-4,6-7,15-17H2,1H3,(H,26,29). The maximum Gasteiger partial charge on any atom is 0.273 e. The predicted octanol–water partition coefficient (Wildman–Crippen LogP) is 5.08. The third kappa shape index (κ3) is 5.85. The molecule has 0 unspecified atom stereocenters. The van der Waals surface area contributed by atoms with Crippen molar-refractivity contribution in [1.29, 1.82) is 0 Å². The Bertz CT molecular complexity index is 1020. The molecule has 0 radical (unpaired) electrons. The van der Waals surface area contributed by atoms with E-state index in [2.05, 4.69) is 10.5 Å². The molecule has 0 atom stereocenters. The third-order valence-electron chi connectivity index (χ3n) is 5.90. The molecular formula is C25H29N3O3S. The summed E-state index contributed by atoms with van der Waals surface area (Å²) >= 11 is 1.64. The van der Waals surface area contributed by atoms with E-state index < -0.39 is 0 Å². The molecule has 1 N–H and O–H groups in total. The number of thiophene rings is 1. The molecular weight excluding hydrogens is 422 g/mol. The summed E-state index contributed by atoms with van der Waals surface area (Å²) in [5.74, 6) is 0.471. The van der Waals surface area contributed by atoms with Gasteiger partial charge < -0.3 is 14.7 Å². The Hall–Kier alpha value is -2.93. The van der Waals surface area contributed by atoms with Gasteiger partial charge >= 0.3 is 0 Å². The Morgan fingerprint density at radius 3 is 2.62 bits per heavy atom. The minimum Gasteiger partial charge on any atom is -0.359 e. The monoisotopic (exact) mass is 451 g/mol. The van der Waals surface area contributed by atoms with Gasteiger partial charge in [-0.1, -0.05) is 60.3 Å². The second kappa shape index (κ2) is 10.6. The van der Waals surface area contributed by atoms with Crippen LogP contribution in [0.4, 0.5) is 0 Å². The molecule has 32 heavy (non-hydrogen) atoms. The zero-order valence-corrected chi connectivity index (χ0v) is 19.2. The smallest absolute Gasteiger partial charge is 0.273 e. The molecule has 3 aromatic rings. The fourth-order valence-electron chi connectivity index (χ4n) is 4.07. The first-order valence-electron chi connectivity index (χ1n) is 11.2. The number of hydrogen-bond donors (Lipinski definition) is 1. The predicted molar refractivity (Wildman–Crippen MR) is 124 cm³/mol. The van der Waals surface area contributed by atoms with Crippen molar-refractivity contribution in [1.82, 2.24) is 15.4 Å². The van der Waals surface area contributed by atoms with Crippen LogP contribution in [0.25, 0.3) is 0 Å². The maximum atomic E-state index is 13.2. The Labute approximate surface area is 192 Å². The molecule has 0 aliphatic heterocycles. The van der Waals surface area contributed by atoms with Gasteiger partial charge in [-0.2, -0.15) is 0 Å². The van der Waals surface area contributed by atoms with Gasteiger partial charge in [-0.05, 0) is 36.8 Å². The van der Waals surface area contributed by atoms with Crippen LogP contribution in [0.3, 0.4) is 0 Å². The van der Waals surface area contributed by atoms with Crippen LogP contribution in [0.1, 0.15) is 64.4 Å². The van der Waals surface area contributed by atoms with Gasteiger partial charge in [0.05, 0.1) is 13.1 Å². The van der Waals surface area contributed by atoms with Crippen LogP contribution >= 0.6 is 11.3 Å². The summed E-state index contributed by atoms with van der Waals surface area (Å²) in [6.45, 7) is 3.31. The summed E-state index contributed by atoms with van der Waals surface area (Å²) in [5, 5.41) is 8.83. The lowest BCUT2D eigenvalue weighted by atomic mass is 9.88. The molecule has 1 aliphatic rings. The van der Waals surface area contributed by atoms with Crippen LogP contribution in [0.2, 0.25) is 0 Å². The van der Waals surface area contributed by atoms with Gasteiger partial charge in [-0.25, -0.2) is 0 Å². The highest BCUT2D eigenvalue weighted by Crippen LogP contribution is 2.27. The van der Waals surface area contributed by atoms with Crippen molar-refractivity contribution < 1.29 is 14.1 Å². The summed E-state index contributed by atoms with van der Waals surface area (Å²) in [4.78, 5) is 28.7. The molecule has 6 nitrogen and oxygen atoms in total. The second-order valence-corrected chi connectivity index (χ2v) is 9.49. The molecule has 168 valence electrons. The van der Waals surface area contributed by atoms with E-state index in [1.807, 2.05) is 53.6 Å². The summed E-state index contributed by atoms with van der Waals surface area (Å²) in [6.07, 6.45) is 5.32. The number of aromatic nitrogens is 1. The van der Waals surface area contributed by atoms with Crippen molar-refractivity contribution in [3.63, 3.8) is 0 Å². The zero-order chi connectivity index (χ0) is 22.3. The zero-order valence-electron chi connectivity index (χ0n) is 18.4. The molecule has 1 aliphatic carbocycles. The summed E-state index contributed by atoms with van der Waals surface area (Å²) in [7, 11) is 0. The lowest BCUT2D eigenvalue weighted by Gasteiger charge is -2.28. The molecule has 0 saturated heterocycles. The first kappa shape index (κ1) is 22.3. The van der Waals surface area contributed by atoms with Gasteiger partial charge in [0.1, 0.15) is 0 Å². The maximum absolute atomic E-state index is 13.2. The highest BCUT2D eigenvalue weighted by atomic mass is 32.1. The van der Waals surface area contributed by atoms with E-state index in [1.54, 1.807) is 17.4 Å². The molecule has 7 heteroatoms. The van der Waals surface area contributed by atoms with Gasteiger partial charge in [0, 0.05) is 23.4 Å². The Balaban J connectivity index is 1.40. The van der Waals surface area contributed by atoms with Gasteiger partial charge in [-0.3, -0.25) is 9.59 Å². The van der Waals surface area contributed by atoms with E-state index in [9.17, 15) is 9.59 Å². The van der Waals surface area contributed by atoms with Crippen molar-refractivity contribution in [3.05, 3.63) is 75.3 Å². The van der Waals surface area contributed by atoms with Gasteiger partial charge in [0.25, 0.3) is 5.91 Å². The van der Waals surface area contributed by atoms with Crippen LogP contribution in [0, 0.1) is 12.8 Å². The Morgan fingerprint density at radius 1 is 1.12 bits per heavy atom. The molecule has 0 bridgehead atoms. The molecule has 2 amide bonds. The number of rotatable bonds is 8. The van der Waals surface area contributed by atoms with Crippen molar-refractivity contribution >= 4 is 23.2 Å². The number of carbonyl (C=O) groups excluding carboxylic acids is 2. The number of carbonyl (C=O) groups is 2. The number of nitrogens with one attached hydrogen (secondary N) is 1. The van der Waals surface area contributed by atoms with Crippen molar-refractivity contribution in [2.75, 3.05) is 0 Å². The molecule has 4 rings (SSSR count). The third-order valence-corrected chi connectivity index (χ3v) is 6.77. The first-order chi connectivity index (χ1) is 15.6. The van der Waals surface area contributed by atoms with Crippen LogP contribution in [-0.4, -0.2) is 21.9 Å². The number of amides is 2. The highest BCUT2D eigenvalue weighted by Gasteiger charge is 2.27. The quantitative estimate of drug-likeness (QED) is 0.518. The lowest BCUT2D eigenvalue weighted by Crippen LogP contribution is -2.36. The first-order valence-corrected chi connectivity index (χ1v) is 12.1. The van der Waals surface area contributed by atoms with Crippen molar-refractivity contribution in [3.8, 4) is 0 Å². The normalized spacial score (nSPS) is 14.3. The minimum absolute atomic E-state index is 0.0731. The van der Waals surface area contributed by atoms with E-state index >= 15 is 0 Å². The Kier molecular flexibility index (Phi) is 7.37. The topological polar surface area (TPSA) is 75.4 Å². The molecule has 2 aromatic heterocycles. The lowest BCUT2D eigenvalue weighted by molar-refractivity contribution is -0.138. The largest absolute Gasteiger partial charge is 0.359 e. The molecule has 1 aromatic carbocycles. The van der Waals surface area contributed by atoms with Crippen LogP contribution in [0.5, 0.6) is 0 Å². The minimum atomic E-state index is -0.288. The van der Waals surface area contributed by atoms with E-state index in [0.717, 1.165) is 36.1 Å². The van der Waals surface area contributed by atoms with Crippen LogP contribution < -0.4 is 5.32 Å². The molecule has 1 fully saturated rings. The Morgan fingerprint density at radius 2 is 1.91 bits per heavy atom. The van der Waals surface area contributed by atoms with Crippen LogP contribution in [0.15, 0.2) is 52.4 Å². The fourth-order valence-corrected chi connectivity index (χ4v) is 4.79. The number of nitrogens with zero attached hydrogens (tertiary/aromatic N) is 2. The van der Waals surface area contributed by atoms with Gasteiger partial charge in [0.2, 0.25) is 5.91 Å². The van der Waals surface area contributed by atoms with Crippen LogP contribution in [-0.2, 0) is 24.4 Å². The van der Waals surface area contributed by atoms with E-state index in [-0.39, 0.29) is 23.4 Å². The van der Waals surface area contributed by atoms with Crippen molar-refractivity contribution in [2.45, 2.75) is 58.7 Å². The summed E-state index contributed by atoms with van der Waals surface area (Å²) < 4.78 is 5.44. The van der Waals surface area contributed by atoms with Crippen molar-refractivity contribution in [2.24, 2.45) is 5.92 Å². The second-order valence-electron chi connectivity index (χ2n) is 8.46. The number of aryl methyl sites for hydroxylation is 1. The van der Waals surface area contributed by atoms with E-state index in [4.69, 9.17) is 4.52 Å². The van der Waals surface area contributed by atoms with Gasteiger partial charge in [0.15, 0.2) is 11.5 Å². The summed E-state index contributed by atoms with van der Waals surface area (Å²) in [5.41, 5.74) is 2.43. The summed E-state index contributed by atoms with van der Waals surface area (Å²) in [6, 6.07) is 13.7. The number of benzene rings is 1. The fraction of sp³-hybridized carbons (Fsp3) is 0.400. The molecule has 1 saturated carbocycles. The SMILES string of the molecule is Cc1ccc(CNC(=O)c2cc(CN(Cc3cccs3)C(=O)C3CCCCC3)on2)cc1. The van der Waals surface area contributed by atoms with E-state index in [1.165, 1.54) is 12.0 Å². The average Bonchev–Trinajstić information content (AvgIpc) is 3.50. The number of hydrogen-bond acceptors (Lipinski definition) is 5. The molecule has 0 spiro atoms. The van der Waals surface area contributed by atoms with E-state index in [0.29, 0.717) is 25.4 Å².